The van der Waals surface area contributed by atoms with Gasteiger partial charge in [-0.3, -0.25) is 4.31 Å². The van der Waals surface area contributed by atoms with Crippen LogP contribution in [0.4, 0.5) is 10.1 Å². The number of hydrogen-bond donors (Lipinski definition) is 0. The molecule has 0 bridgehead atoms. The summed E-state index contributed by atoms with van der Waals surface area (Å²) < 4.78 is 46.0. The molecule has 0 spiro atoms. The summed E-state index contributed by atoms with van der Waals surface area (Å²) in [4.78, 5) is 5.22. The minimum atomic E-state index is -3.80. The van der Waals surface area contributed by atoms with Crippen LogP contribution in [0.5, 0.6) is 0 Å². The van der Waals surface area contributed by atoms with Crippen LogP contribution >= 0.6 is 11.8 Å². The molecule has 0 radical (unpaired) electrons. The van der Waals surface area contributed by atoms with Crippen molar-refractivity contribution in [1.29, 1.82) is 0 Å². The van der Waals surface area contributed by atoms with Gasteiger partial charge in [0.2, 0.25) is 0 Å². The van der Waals surface area contributed by atoms with Crippen molar-refractivity contribution >= 4 is 27.5 Å². The zero-order valence-corrected chi connectivity index (χ0v) is 16.1. The van der Waals surface area contributed by atoms with E-state index in [1.807, 2.05) is 19.1 Å². The average Bonchev–Trinajstić information content (AvgIpc) is 3.16. The Bertz CT molecular complexity index is 1080. The number of halogens is 1. The second-order valence-electron chi connectivity index (χ2n) is 5.93. The Morgan fingerprint density at radius 3 is 2.70 bits per heavy atom. The Labute approximate surface area is 160 Å². The van der Waals surface area contributed by atoms with E-state index in [0.29, 0.717) is 41.7 Å². The van der Waals surface area contributed by atoms with Gasteiger partial charge in [-0.05, 0) is 42.5 Å². The third-order valence-electron chi connectivity index (χ3n) is 4.21. The monoisotopic (exact) mass is 405 g/mol. The molecule has 2 heterocycles. The van der Waals surface area contributed by atoms with Crippen LogP contribution in [0.25, 0.3) is 11.5 Å². The quantitative estimate of drug-likeness (QED) is 0.658. The Hall–Kier alpha value is -2.39. The molecule has 0 N–H and O–H groups in total. The van der Waals surface area contributed by atoms with Crippen molar-refractivity contribution in [2.45, 2.75) is 23.1 Å². The predicted molar refractivity (Wildman–Crippen MR) is 101 cm³/mol. The van der Waals surface area contributed by atoms with E-state index in [9.17, 15) is 12.8 Å². The molecule has 1 aliphatic rings. The van der Waals surface area contributed by atoms with Crippen molar-refractivity contribution < 1.29 is 17.3 Å². The van der Waals surface area contributed by atoms with Gasteiger partial charge in [-0.1, -0.05) is 12.1 Å². The van der Waals surface area contributed by atoms with E-state index in [-0.39, 0.29) is 4.90 Å². The minimum Gasteiger partial charge on any atom is -0.334 e. The summed E-state index contributed by atoms with van der Waals surface area (Å²) in [6.45, 7) is 2.25. The number of rotatable bonds is 4. The molecule has 3 aromatic rings. The highest BCUT2D eigenvalue weighted by Crippen LogP contribution is 2.40. The maximum atomic E-state index is 13.2. The summed E-state index contributed by atoms with van der Waals surface area (Å²) >= 11 is 1.59. The summed E-state index contributed by atoms with van der Waals surface area (Å²) in [5.74, 6) is 1.10. The highest BCUT2D eigenvalue weighted by Gasteiger charge is 2.30. The van der Waals surface area contributed by atoms with E-state index in [4.69, 9.17) is 4.52 Å². The van der Waals surface area contributed by atoms with Gasteiger partial charge in [-0.2, -0.15) is 4.98 Å². The van der Waals surface area contributed by atoms with Crippen molar-refractivity contribution in [2.24, 2.45) is 0 Å². The van der Waals surface area contributed by atoms with Crippen LogP contribution < -0.4 is 4.31 Å². The second kappa shape index (κ2) is 6.97. The van der Waals surface area contributed by atoms with Crippen LogP contribution in [0.3, 0.4) is 0 Å². The topological polar surface area (TPSA) is 76.3 Å². The molecule has 0 atom stereocenters. The molecule has 1 aromatic heterocycles. The Kier molecular flexibility index (Phi) is 4.65. The van der Waals surface area contributed by atoms with E-state index in [2.05, 4.69) is 10.1 Å². The highest BCUT2D eigenvalue weighted by atomic mass is 32.2. The Morgan fingerprint density at radius 1 is 1.22 bits per heavy atom. The first kappa shape index (κ1) is 18.0. The van der Waals surface area contributed by atoms with Crippen molar-refractivity contribution in [2.75, 3.05) is 16.6 Å². The molecular formula is C18H16FN3O3S2. The fourth-order valence-corrected chi connectivity index (χ4v) is 5.45. The summed E-state index contributed by atoms with van der Waals surface area (Å²) in [5.41, 5.74) is 1.21. The number of nitrogens with zero attached hydrogens (tertiary/aromatic N) is 3. The second-order valence-corrected chi connectivity index (χ2v) is 8.93. The van der Waals surface area contributed by atoms with E-state index in [0.717, 1.165) is 17.0 Å². The van der Waals surface area contributed by atoms with Gasteiger partial charge < -0.3 is 4.52 Å². The number of fused-ring (bicyclic) bond motifs is 1. The van der Waals surface area contributed by atoms with Crippen LogP contribution in [-0.2, 0) is 16.4 Å². The van der Waals surface area contributed by atoms with Crippen LogP contribution in [0.2, 0.25) is 0 Å². The van der Waals surface area contributed by atoms with Gasteiger partial charge in [0.25, 0.3) is 15.9 Å². The van der Waals surface area contributed by atoms with Gasteiger partial charge in [-0.15, -0.1) is 11.8 Å². The van der Waals surface area contributed by atoms with Gasteiger partial charge >= 0.3 is 0 Å². The van der Waals surface area contributed by atoms with Crippen molar-refractivity contribution in [3.63, 3.8) is 0 Å². The first-order valence-corrected chi connectivity index (χ1v) is 10.8. The van der Waals surface area contributed by atoms with Gasteiger partial charge in [0.05, 0.1) is 10.6 Å². The van der Waals surface area contributed by atoms with E-state index in [1.165, 1.54) is 16.4 Å². The molecule has 0 saturated heterocycles. The van der Waals surface area contributed by atoms with E-state index in [1.54, 1.807) is 17.8 Å². The predicted octanol–water partition coefficient (Wildman–Crippen LogP) is 3.74. The van der Waals surface area contributed by atoms with Crippen LogP contribution in [0, 0.1) is 5.82 Å². The standard InChI is InChI=1S/C18H16FN3O3S2/c1-2-17-20-18(25-21-17)12-3-8-16-15(11-12)22(9-10-26-16)27(23,24)14-6-4-13(19)5-7-14/h3-8,11H,2,9-10H2,1H3. The van der Waals surface area contributed by atoms with Gasteiger partial charge in [0.15, 0.2) is 5.82 Å². The molecule has 9 heteroatoms. The summed E-state index contributed by atoms with van der Waals surface area (Å²) in [7, 11) is -3.80. The fraction of sp³-hybridized carbons (Fsp3) is 0.222. The molecule has 1 aliphatic heterocycles. The third kappa shape index (κ3) is 3.32. The molecule has 0 aliphatic carbocycles. The minimum absolute atomic E-state index is 0.0539. The van der Waals surface area contributed by atoms with Crippen LogP contribution in [0.15, 0.2) is 56.8 Å². The lowest BCUT2D eigenvalue weighted by Crippen LogP contribution is -2.35. The lowest BCUT2D eigenvalue weighted by molar-refractivity contribution is 0.423. The molecule has 0 saturated carbocycles. The van der Waals surface area contributed by atoms with Crippen molar-refractivity contribution in [3.8, 4) is 11.5 Å². The number of benzene rings is 2. The Morgan fingerprint density at radius 2 is 2.00 bits per heavy atom. The van der Waals surface area contributed by atoms with Crippen molar-refractivity contribution in [3.05, 3.63) is 54.1 Å². The van der Waals surface area contributed by atoms with Gasteiger partial charge in [0.1, 0.15) is 5.82 Å². The summed E-state index contributed by atoms with van der Waals surface area (Å²) in [6.07, 6.45) is 0.648. The van der Waals surface area contributed by atoms with E-state index >= 15 is 0 Å². The average molecular weight is 405 g/mol. The smallest absolute Gasteiger partial charge is 0.264 e. The zero-order valence-electron chi connectivity index (χ0n) is 14.4. The first-order valence-electron chi connectivity index (χ1n) is 8.37. The molecule has 27 heavy (non-hydrogen) atoms. The zero-order chi connectivity index (χ0) is 19.0. The molecule has 140 valence electrons. The van der Waals surface area contributed by atoms with Crippen molar-refractivity contribution in [1.82, 2.24) is 10.1 Å². The van der Waals surface area contributed by atoms with Gasteiger partial charge in [0, 0.05) is 29.2 Å². The van der Waals surface area contributed by atoms with E-state index < -0.39 is 15.8 Å². The molecule has 0 amide bonds. The number of aromatic nitrogens is 2. The first-order chi connectivity index (χ1) is 13.0. The maximum Gasteiger partial charge on any atom is 0.264 e. The molecule has 2 aromatic carbocycles. The van der Waals surface area contributed by atoms with Crippen LogP contribution in [0.1, 0.15) is 12.7 Å². The normalized spacial score (nSPS) is 14.2. The third-order valence-corrected chi connectivity index (χ3v) is 7.08. The van der Waals surface area contributed by atoms with Gasteiger partial charge in [-0.25, -0.2) is 12.8 Å². The number of aryl methyl sites for hydroxylation is 1. The molecule has 0 unspecified atom stereocenters. The lowest BCUT2D eigenvalue weighted by Gasteiger charge is -2.30. The number of sulfonamides is 1. The lowest BCUT2D eigenvalue weighted by atomic mass is 10.2. The fourth-order valence-electron chi connectivity index (χ4n) is 2.82. The highest BCUT2D eigenvalue weighted by molar-refractivity contribution is 8.00. The largest absolute Gasteiger partial charge is 0.334 e. The number of anilines is 1. The maximum absolute atomic E-state index is 13.2. The molecule has 0 fully saturated rings. The molecule has 4 rings (SSSR count). The van der Waals surface area contributed by atoms with Crippen LogP contribution in [-0.4, -0.2) is 30.9 Å². The number of thioether (sulfide) groups is 1. The molecule has 6 nitrogen and oxygen atoms in total. The summed E-state index contributed by atoms with van der Waals surface area (Å²) in [5, 5.41) is 3.89. The Balaban J connectivity index is 1.77. The summed E-state index contributed by atoms with van der Waals surface area (Å²) in [6, 6.07) is 10.3. The number of hydrogen-bond acceptors (Lipinski definition) is 6. The SMILES string of the molecule is CCc1noc(-c2ccc3c(c2)N(S(=O)(=O)c2ccc(F)cc2)CCS3)n1. The molecular weight excluding hydrogens is 389 g/mol.